The first-order chi connectivity index (χ1) is 30.1. The van der Waals surface area contributed by atoms with E-state index in [2.05, 4.69) is 37.2 Å². The Hall–Kier alpha value is -6.94. The van der Waals surface area contributed by atoms with Crippen molar-refractivity contribution in [3.05, 3.63) is 71.8 Å². The second-order valence-electron chi connectivity index (χ2n) is 15.7. The first-order valence-corrected chi connectivity index (χ1v) is 20.5. The Morgan fingerprint density at radius 3 is 1.47 bits per heavy atom. The van der Waals surface area contributed by atoms with Gasteiger partial charge in [-0.15, -0.1) is 0 Å². The fourth-order valence-electron chi connectivity index (χ4n) is 6.08. The van der Waals surface area contributed by atoms with Gasteiger partial charge in [-0.2, -0.15) is 0 Å². The van der Waals surface area contributed by atoms with Crippen molar-refractivity contribution in [1.29, 1.82) is 0 Å². The number of nitrogens with one attached hydrogen (secondary N) is 7. The van der Waals surface area contributed by atoms with Gasteiger partial charge >= 0.3 is 5.97 Å². The van der Waals surface area contributed by atoms with E-state index in [1.165, 1.54) is 0 Å². The predicted octanol–water partition coefficient (Wildman–Crippen LogP) is -3.65. The van der Waals surface area contributed by atoms with Crippen molar-refractivity contribution >= 4 is 59.1 Å². The molecule has 0 heterocycles. The Morgan fingerprint density at radius 1 is 0.547 bits per heavy atom. The molecule has 64 heavy (non-hydrogen) atoms. The summed E-state index contributed by atoms with van der Waals surface area (Å²) in [6.07, 6.45) is -1.34. The maximum Gasteiger partial charge on any atom is 0.326 e. The largest absolute Gasteiger partial charge is 0.480 e. The number of carbonyl (C=O) groups excluding carboxylic acids is 9. The lowest BCUT2D eigenvalue weighted by Gasteiger charge is -2.28. The molecular formula is C42H60N10O12. The Labute approximate surface area is 370 Å². The fourth-order valence-corrected chi connectivity index (χ4v) is 6.08. The van der Waals surface area contributed by atoms with E-state index < -0.39 is 139 Å². The molecule has 0 saturated heterocycles. The lowest BCUT2D eigenvalue weighted by molar-refractivity contribution is -0.143. The number of rotatable bonds is 27. The summed E-state index contributed by atoms with van der Waals surface area (Å²) in [6.45, 7) is 4.57. The Morgan fingerprint density at radius 2 is 1.00 bits per heavy atom. The average molecular weight is 897 g/mol. The lowest BCUT2D eigenvalue weighted by atomic mass is 10.00. The van der Waals surface area contributed by atoms with E-state index >= 15 is 0 Å². The molecule has 0 aliphatic heterocycles. The summed E-state index contributed by atoms with van der Waals surface area (Å²) in [4.78, 5) is 128. The molecule has 0 unspecified atom stereocenters. The number of carboxylic acids is 1. The van der Waals surface area contributed by atoms with E-state index in [4.69, 9.17) is 17.2 Å². The van der Waals surface area contributed by atoms with Gasteiger partial charge in [0.05, 0.1) is 25.6 Å². The third-order valence-corrected chi connectivity index (χ3v) is 9.64. The molecule has 2 aromatic rings. The summed E-state index contributed by atoms with van der Waals surface area (Å²) in [5.74, 6) is -10.5. The number of aliphatic hydroxyl groups is 1. The molecule has 22 heteroatoms. The van der Waals surface area contributed by atoms with Gasteiger partial charge < -0.3 is 64.6 Å². The van der Waals surface area contributed by atoms with Crippen LogP contribution in [0, 0.1) is 11.8 Å². The van der Waals surface area contributed by atoms with Gasteiger partial charge in [0.25, 0.3) is 0 Å². The Balaban J connectivity index is 2.20. The summed E-state index contributed by atoms with van der Waals surface area (Å²) in [5.41, 5.74) is 17.4. The first kappa shape index (κ1) is 53.2. The molecule has 9 amide bonds. The van der Waals surface area contributed by atoms with Crippen LogP contribution in [0.2, 0.25) is 0 Å². The van der Waals surface area contributed by atoms with Crippen molar-refractivity contribution in [1.82, 2.24) is 37.2 Å². The second-order valence-corrected chi connectivity index (χ2v) is 15.7. The summed E-state index contributed by atoms with van der Waals surface area (Å²) >= 11 is 0. The van der Waals surface area contributed by atoms with Crippen LogP contribution in [-0.2, 0) is 60.8 Å². The number of amides is 9. The van der Waals surface area contributed by atoms with Crippen LogP contribution in [0.25, 0.3) is 0 Å². The molecule has 0 bridgehead atoms. The number of nitrogens with two attached hydrogens (primary N) is 3. The van der Waals surface area contributed by atoms with E-state index in [-0.39, 0.29) is 19.3 Å². The van der Waals surface area contributed by atoms with Crippen LogP contribution in [0.15, 0.2) is 60.7 Å². The van der Waals surface area contributed by atoms with Crippen LogP contribution < -0.4 is 54.4 Å². The number of carboxylic acid groups (broad SMARTS) is 1. The van der Waals surface area contributed by atoms with Crippen molar-refractivity contribution in [2.75, 3.05) is 13.2 Å². The van der Waals surface area contributed by atoms with Crippen LogP contribution in [0.1, 0.15) is 58.1 Å². The predicted molar refractivity (Wildman–Crippen MR) is 229 cm³/mol. The SMILES string of the molecule is CC(C)[C@H](NC(=O)[C@H](Cc1ccccc1)NC(=O)[C@H](CCC(N)=O)NC(=O)[C@@H](NC(=O)[C@H](CO)NC(=O)CNC(=O)[C@H](Cc1ccccc1)NC(=O)[C@@H](N)CC(N)=O)C(C)C)C(=O)O. The van der Waals surface area contributed by atoms with E-state index in [1.807, 2.05) is 0 Å². The highest BCUT2D eigenvalue weighted by Gasteiger charge is 2.34. The average Bonchev–Trinajstić information content (AvgIpc) is 3.23. The van der Waals surface area contributed by atoms with Gasteiger partial charge in [0.1, 0.15) is 36.3 Å². The third-order valence-electron chi connectivity index (χ3n) is 9.64. The number of hydrogen-bond acceptors (Lipinski definition) is 12. The zero-order valence-electron chi connectivity index (χ0n) is 36.1. The molecule has 22 nitrogen and oxygen atoms in total. The molecule has 0 radical (unpaired) electrons. The molecule has 0 aromatic heterocycles. The molecule has 2 aromatic carbocycles. The van der Waals surface area contributed by atoms with Crippen LogP contribution in [0.5, 0.6) is 0 Å². The number of benzene rings is 2. The van der Waals surface area contributed by atoms with E-state index in [1.54, 1.807) is 88.4 Å². The highest BCUT2D eigenvalue weighted by atomic mass is 16.4. The van der Waals surface area contributed by atoms with Crippen molar-refractivity contribution in [3.63, 3.8) is 0 Å². The molecule has 0 spiro atoms. The summed E-state index contributed by atoms with van der Waals surface area (Å²) in [7, 11) is 0. The molecular weight excluding hydrogens is 837 g/mol. The number of aliphatic carboxylic acids is 1. The van der Waals surface area contributed by atoms with Crippen LogP contribution in [0.3, 0.4) is 0 Å². The molecule has 350 valence electrons. The van der Waals surface area contributed by atoms with Crippen LogP contribution >= 0.6 is 0 Å². The number of carbonyl (C=O) groups is 10. The Kier molecular flexibility index (Phi) is 22.0. The molecule has 0 aliphatic carbocycles. The standard InChI is InChI=1S/C42H60N10O12/c1-22(2)34(41(62)48-27(15-16-31(44)54)38(59)50-29(18-25-13-9-6-10-14-25)39(60)52-35(23(3)4)42(63)64)51-40(61)30(21-53)47-33(56)20-46-37(58)28(17-24-11-7-5-8-12-24)49-36(57)26(43)19-32(45)55/h5-14,22-23,26-30,34-35,53H,15-21,43H2,1-4H3,(H2,44,54)(H2,45,55)(H,46,58)(H,47,56)(H,48,62)(H,49,57)(H,50,59)(H,51,61)(H,52,60)(H,63,64)/t26-,27-,28-,29-,30-,34-,35-/m0/s1. The summed E-state index contributed by atoms with van der Waals surface area (Å²) < 4.78 is 0. The smallest absolute Gasteiger partial charge is 0.326 e. The number of hydrogen-bond donors (Lipinski definition) is 12. The minimum atomic E-state index is -1.66. The Bertz CT molecular complexity index is 1950. The van der Waals surface area contributed by atoms with Gasteiger partial charge in [-0.1, -0.05) is 88.4 Å². The molecule has 0 fully saturated rings. The van der Waals surface area contributed by atoms with Gasteiger partial charge in [0.2, 0.25) is 53.2 Å². The van der Waals surface area contributed by atoms with Crippen molar-refractivity contribution in [2.45, 2.75) is 102 Å². The quantitative estimate of drug-likeness (QED) is 0.0412. The monoisotopic (exact) mass is 896 g/mol. The number of primary amides is 2. The van der Waals surface area contributed by atoms with Gasteiger partial charge in [-0.25, -0.2) is 4.79 Å². The van der Waals surface area contributed by atoms with E-state index in [0.29, 0.717) is 11.1 Å². The molecule has 0 aliphatic rings. The van der Waals surface area contributed by atoms with E-state index in [0.717, 1.165) is 0 Å². The fraction of sp³-hybridized carbons (Fsp3) is 0.476. The highest BCUT2D eigenvalue weighted by Crippen LogP contribution is 2.10. The molecule has 2 rings (SSSR count). The summed E-state index contributed by atoms with van der Waals surface area (Å²) in [5, 5.41) is 36.6. The minimum Gasteiger partial charge on any atom is -0.480 e. The van der Waals surface area contributed by atoms with Crippen molar-refractivity contribution in [3.8, 4) is 0 Å². The van der Waals surface area contributed by atoms with Crippen molar-refractivity contribution in [2.24, 2.45) is 29.0 Å². The first-order valence-electron chi connectivity index (χ1n) is 20.5. The third kappa shape index (κ3) is 18.6. The normalized spacial score (nSPS) is 14.2. The molecule has 15 N–H and O–H groups in total. The maximum atomic E-state index is 13.8. The van der Waals surface area contributed by atoms with E-state index in [9.17, 15) is 58.2 Å². The molecule has 0 saturated carbocycles. The zero-order chi connectivity index (χ0) is 48.1. The maximum absolute atomic E-state index is 13.8. The van der Waals surface area contributed by atoms with Gasteiger partial charge in [-0.05, 0) is 29.4 Å². The van der Waals surface area contributed by atoms with Gasteiger partial charge in [-0.3, -0.25) is 43.2 Å². The van der Waals surface area contributed by atoms with Crippen LogP contribution in [0.4, 0.5) is 0 Å². The molecule has 7 atom stereocenters. The van der Waals surface area contributed by atoms with Gasteiger partial charge in [0, 0.05) is 19.3 Å². The van der Waals surface area contributed by atoms with Gasteiger partial charge in [0.15, 0.2) is 0 Å². The highest BCUT2D eigenvalue weighted by molar-refractivity contribution is 5.97. The minimum absolute atomic E-state index is 0.0379. The zero-order valence-corrected chi connectivity index (χ0v) is 36.1. The van der Waals surface area contributed by atoms with Crippen molar-refractivity contribution < 1.29 is 58.2 Å². The van der Waals surface area contributed by atoms with Crippen LogP contribution in [-0.4, -0.2) is 125 Å². The summed E-state index contributed by atoms with van der Waals surface area (Å²) in [6, 6.07) is 7.17. The lowest BCUT2D eigenvalue weighted by Crippen LogP contribution is -2.61. The number of aliphatic hydroxyl groups excluding tert-OH is 1. The second kappa shape index (κ2) is 26.5. The topological polar surface area (TPSA) is 373 Å².